The minimum atomic E-state index is -4.90. The smallest absolute Gasteiger partial charge is 0.433 e. The summed E-state index contributed by atoms with van der Waals surface area (Å²) in [6, 6.07) is 3.75. The van der Waals surface area contributed by atoms with Crippen LogP contribution in [-0.4, -0.2) is 51.1 Å². The first kappa shape index (κ1) is 27.2. The van der Waals surface area contributed by atoms with Crippen molar-refractivity contribution < 1.29 is 31.1 Å². The molecule has 0 aromatic carbocycles. The zero-order chi connectivity index (χ0) is 27.7. The Morgan fingerprint density at radius 2 is 1.79 bits per heavy atom. The van der Waals surface area contributed by atoms with Gasteiger partial charge in [-0.05, 0) is 51.8 Å². The van der Waals surface area contributed by atoms with Gasteiger partial charge in [-0.15, -0.1) is 0 Å². The fourth-order valence-electron chi connectivity index (χ4n) is 3.26. The number of anilines is 2. The number of amides is 1. The number of hydrogen-bond acceptors (Lipinski definition) is 9. The predicted octanol–water partition coefficient (Wildman–Crippen LogP) is 3.57. The van der Waals surface area contributed by atoms with Gasteiger partial charge in [-0.2, -0.15) is 13.2 Å². The van der Waals surface area contributed by atoms with E-state index in [1.54, 1.807) is 6.07 Å². The number of alkyl halides is 3. The monoisotopic (exact) mass is 551 g/mol. The van der Waals surface area contributed by atoms with Gasteiger partial charge >= 0.3 is 6.18 Å². The first-order chi connectivity index (χ1) is 17.8. The molecule has 3 heterocycles. The zero-order valence-corrected chi connectivity index (χ0v) is 21.4. The number of nitrogens with one attached hydrogen (secondary N) is 2. The van der Waals surface area contributed by atoms with Gasteiger partial charge in [0.05, 0.1) is 41.1 Å². The number of carbonyl (C=O) groups excluding carboxylic acids is 1. The van der Waals surface area contributed by atoms with E-state index in [2.05, 4.69) is 30.2 Å². The number of sulfonamides is 1. The number of halogens is 3. The van der Waals surface area contributed by atoms with E-state index in [0.29, 0.717) is 42.7 Å². The van der Waals surface area contributed by atoms with E-state index >= 15 is 0 Å². The van der Waals surface area contributed by atoms with Crippen LogP contribution in [0.5, 0.6) is 5.88 Å². The van der Waals surface area contributed by atoms with Crippen LogP contribution in [0.25, 0.3) is 11.3 Å². The third kappa shape index (κ3) is 6.15. The Balaban J connectivity index is 1.57. The summed E-state index contributed by atoms with van der Waals surface area (Å²) in [6.45, 7) is 4.94. The van der Waals surface area contributed by atoms with Gasteiger partial charge in [-0.25, -0.2) is 28.4 Å². The van der Waals surface area contributed by atoms with E-state index in [1.165, 1.54) is 38.5 Å². The Labute approximate surface area is 216 Å². The molecule has 1 aliphatic rings. The van der Waals surface area contributed by atoms with Gasteiger partial charge in [-0.3, -0.25) is 14.5 Å². The van der Waals surface area contributed by atoms with Crippen molar-refractivity contribution in [1.82, 2.24) is 24.9 Å². The summed E-state index contributed by atoms with van der Waals surface area (Å²) in [5.74, 6) is -1.01. The molecule has 0 atom stereocenters. The van der Waals surface area contributed by atoms with Crippen molar-refractivity contribution in [3.05, 3.63) is 48.2 Å². The molecule has 1 fully saturated rings. The van der Waals surface area contributed by atoms with E-state index in [9.17, 15) is 26.4 Å². The summed E-state index contributed by atoms with van der Waals surface area (Å²) in [7, 11) is -3.94. The molecule has 3 aromatic rings. The zero-order valence-electron chi connectivity index (χ0n) is 20.6. The highest BCUT2D eigenvalue weighted by Gasteiger charge is 2.40. The van der Waals surface area contributed by atoms with Crippen LogP contribution in [-0.2, 0) is 26.4 Å². The van der Waals surface area contributed by atoms with E-state index in [1.807, 2.05) is 11.6 Å². The average molecular weight is 552 g/mol. The van der Waals surface area contributed by atoms with Crippen LogP contribution in [0.4, 0.5) is 24.9 Å². The quantitative estimate of drug-likeness (QED) is 0.407. The third-order valence-electron chi connectivity index (χ3n) is 5.63. The second kappa shape index (κ2) is 10.1. The molecule has 2 N–H and O–H groups in total. The second-order valence-electron chi connectivity index (χ2n) is 8.99. The van der Waals surface area contributed by atoms with Crippen molar-refractivity contribution in [2.75, 3.05) is 16.6 Å². The SMILES string of the molecule is CCOc1cncc(-c2ccc(NC(=O)C(C)(C)c3cc(C(F)(F)F)nc(NS(=O)(=O)C4CC4)n3)nc2)n1. The lowest BCUT2D eigenvalue weighted by Crippen LogP contribution is -2.36. The van der Waals surface area contributed by atoms with Gasteiger partial charge in [0.2, 0.25) is 27.8 Å². The molecule has 1 saturated carbocycles. The molecular weight excluding hydrogens is 527 g/mol. The van der Waals surface area contributed by atoms with Crippen LogP contribution in [0.1, 0.15) is 45.0 Å². The van der Waals surface area contributed by atoms with E-state index in [0.717, 1.165) is 0 Å². The molecule has 0 spiro atoms. The van der Waals surface area contributed by atoms with Crippen LogP contribution < -0.4 is 14.8 Å². The molecule has 3 aromatic heterocycles. The molecule has 0 radical (unpaired) electrons. The van der Waals surface area contributed by atoms with Crippen molar-refractivity contribution in [3.63, 3.8) is 0 Å². The molecule has 0 unspecified atom stereocenters. The molecule has 0 aliphatic heterocycles. The maximum absolute atomic E-state index is 13.5. The van der Waals surface area contributed by atoms with Crippen LogP contribution in [0.15, 0.2) is 36.8 Å². The molecule has 11 nitrogen and oxygen atoms in total. The molecule has 4 rings (SSSR count). The summed E-state index contributed by atoms with van der Waals surface area (Å²) in [4.78, 5) is 32.9. The third-order valence-corrected chi connectivity index (χ3v) is 7.44. The van der Waals surface area contributed by atoms with Gasteiger partial charge in [0.25, 0.3) is 0 Å². The highest BCUT2D eigenvalue weighted by Crippen LogP contribution is 2.34. The van der Waals surface area contributed by atoms with Crippen molar-refractivity contribution in [2.24, 2.45) is 0 Å². The van der Waals surface area contributed by atoms with Crippen molar-refractivity contribution in [2.45, 2.75) is 50.5 Å². The number of ether oxygens (including phenoxy) is 1. The number of pyridine rings is 1. The highest BCUT2D eigenvalue weighted by molar-refractivity contribution is 7.93. The standard InChI is InChI=1S/C23H24F3N7O4S/c1-4-37-19-12-27-11-15(29-19)13-5-8-18(28-10-13)32-20(34)22(2,3)16-9-17(23(24,25)26)31-21(30-16)33-38(35,36)14-6-7-14/h5,8-12,14H,4,6-7H2,1-3H3,(H,28,32,34)(H,30,31,33). The minimum Gasteiger partial charge on any atom is -0.477 e. The normalized spacial score (nSPS) is 14.2. The Morgan fingerprint density at radius 3 is 2.39 bits per heavy atom. The van der Waals surface area contributed by atoms with E-state index in [-0.39, 0.29) is 11.5 Å². The fraction of sp³-hybridized carbons (Fsp3) is 0.391. The van der Waals surface area contributed by atoms with Gasteiger partial charge in [0.1, 0.15) is 11.5 Å². The van der Waals surface area contributed by atoms with Crippen molar-refractivity contribution in [3.8, 4) is 17.1 Å². The first-order valence-corrected chi connectivity index (χ1v) is 13.1. The van der Waals surface area contributed by atoms with Crippen LogP contribution in [0.3, 0.4) is 0 Å². The van der Waals surface area contributed by atoms with Crippen LogP contribution in [0.2, 0.25) is 0 Å². The lowest BCUT2D eigenvalue weighted by molar-refractivity contribution is -0.141. The molecule has 15 heteroatoms. The van der Waals surface area contributed by atoms with Gasteiger partial charge in [0, 0.05) is 11.8 Å². The molecule has 38 heavy (non-hydrogen) atoms. The Bertz CT molecular complexity index is 1440. The lowest BCUT2D eigenvalue weighted by Gasteiger charge is -2.24. The molecular formula is C23H24F3N7O4S. The summed E-state index contributed by atoms with van der Waals surface area (Å²) in [5, 5.41) is 1.85. The number of aromatic nitrogens is 5. The lowest BCUT2D eigenvalue weighted by atomic mass is 9.87. The minimum absolute atomic E-state index is 0.125. The maximum atomic E-state index is 13.5. The summed E-state index contributed by atoms with van der Waals surface area (Å²) >= 11 is 0. The second-order valence-corrected chi connectivity index (χ2v) is 11.0. The van der Waals surface area contributed by atoms with Crippen molar-refractivity contribution >= 4 is 27.7 Å². The summed E-state index contributed by atoms with van der Waals surface area (Å²) in [6.07, 6.45) is 0.320. The Morgan fingerprint density at radius 1 is 1.08 bits per heavy atom. The van der Waals surface area contributed by atoms with Crippen LogP contribution in [0, 0.1) is 0 Å². The predicted molar refractivity (Wildman–Crippen MR) is 131 cm³/mol. The van der Waals surface area contributed by atoms with Crippen molar-refractivity contribution in [1.29, 1.82) is 0 Å². The summed E-state index contributed by atoms with van der Waals surface area (Å²) in [5.41, 5.74) is -2.25. The molecule has 0 bridgehead atoms. The highest BCUT2D eigenvalue weighted by atomic mass is 32.2. The molecule has 1 aliphatic carbocycles. The molecule has 202 valence electrons. The molecule has 1 amide bonds. The largest absolute Gasteiger partial charge is 0.477 e. The maximum Gasteiger partial charge on any atom is 0.433 e. The van der Waals surface area contributed by atoms with Gasteiger partial charge in [-0.1, -0.05) is 0 Å². The number of carbonyl (C=O) groups is 1. The topological polar surface area (TPSA) is 149 Å². The molecule has 0 saturated heterocycles. The Hall–Kier alpha value is -3.88. The first-order valence-electron chi connectivity index (χ1n) is 11.5. The number of hydrogen-bond donors (Lipinski definition) is 2. The van der Waals surface area contributed by atoms with Gasteiger partial charge < -0.3 is 10.1 Å². The average Bonchev–Trinajstić information content (AvgIpc) is 3.70. The number of nitrogens with zero attached hydrogens (tertiary/aromatic N) is 5. The van der Waals surface area contributed by atoms with E-state index < -0.39 is 44.4 Å². The summed E-state index contributed by atoms with van der Waals surface area (Å²) < 4.78 is 72.5. The Kier molecular flexibility index (Phi) is 7.23. The van der Waals surface area contributed by atoms with Crippen LogP contribution >= 0.6 is 0 Å². The van der Waals surface area contributed by atoms with E-state index in [4.69, 9.17) is 4.74 Å². The number of rotatable bonds is 9. The van der Waals surface area contributed by atoms with Gasteiger partial charge in [0.15, 0.2) is 0 Å². The fourth-order valence-corrected chi connectivity index (χ4v) is 4.53.